The average molecular weight is 349 g/mol. The Morgan fingerprint density at radius 2 is 1.92 bits per heavy atom. The Labute approximate surface area is 147 Å². The summed E-state index contributed by atoms with van der Waals surface area (Å²) in [5.74, 6) is 0.260. The molecule has 0 aliphatic heterocycles. The molecule has 0 fully saturated rings. The van der Waals surface area contributed by atoms with Crippen molar-refractivity contribution in [1.29, 1.82) is 0 Å². The Morgan fingerprint density at radius 1 is 1.08 bits per heavy atom. The number of amides is 1. The number of carbonyl (C=O) groups is 1. The van der Waals surface area contributed by atoms with Crippen molar-refractivity contribution in [2.75, 3.05) is 0 Å². The molecule has 0 spiro atoms. The predicted molar refractivity (Wildman–Crippen MR) is 93.4 cm³/mol. The maximum Gasteiger partial charge on any atom is 0.297 e. The molecule has 4 aromatic heterocycles. The van der Waals surface area contributed by atoms with Crippen LogP contribution in [-0.4, -0.2) is 35.0 Å². The van der Waals surface area contributed by atoms with Crippen LogP contribution in [0.5, 0.6) is 0 Å². The van der Waals surface area contributed by atoms with Gasteiger partial charge in [0, 0.05) is 12.4 Å². The van der Waals surface area contributed by atoms with Crippen LogP contribution in [0.1, 0.15) is 11.5 Å². The molecule has 0 saturated carbocycles. The highest BCUT2D eigenvalue weighted by atomic mass is 16.2. The monoisotopic (exact) mass is 349 g/mol. The van der Waals surface area contributed by atoms with Crippen LogP contribution in [0.4, 0.5) is 0 Å². The highest BCUT2D eigenvalue weighted by molar-refractivity contribution is 5.80. The van der Waals surface area contributed by atoms with Gasteiger partial charge in [-0.1, -0.05) is 6.07 Å². The smallest absolute Gasteiger partial charge is 0.297 e. The summed E-state index contributed by atoms with van der Waals surface area (Å²) in [5.41, 5.74) is 1.57. The fraction of sp³-hybridized carbons (Fsp3) is 0.176. The zero-order valence-electron chi connectivity index (χ0n) is 14.0. The van der Waals surface area contributed by atoms with E-state index in [0.717, 1.165) is 5.69 Å². The van der Waals surface area contributed by atoms with Gasteiger partial charge in [0.2, 0.25) is 11.6 Å². The third kappa shape index (κ3) is 2.69. The van der Waals surface area contributed by atoms with E-state index in [0.29, 0.717) is 17.0 Å². The van der Waals surface area contributed by atoms with E-state index < -0.39 is 0 Å². The molecule has 0 unspecified atom stereocenters. The molecule has 0 radical (unpaired) electrons. The summed E-state index contributed by atoms with van der Waals surface area (Å²) in [6.07, 6.45) is 3.28. The van der Waals surface area contributed by atoms with Gasteiger partial charge in [-0.2, -0.15) is 0 Å². The second kappa shape index (κ2) is 6.36. The minimum absolute atomic E-state index is 0.143. The average Bonchev–Trinajstić information content (AvgIpc) is 3.06. The molecule has 0 aliphatic rings. The summed E-state index contributed by atoms with van der Waals surface area (Å²) in [5, 5.41) is 10.6. The van der Waals surface area contributed by atoms with Gasteiger partial charge in [-0.15, -0.1) is 10.2 Å². The maximum atomic E-state index is 12.8. The van der Waals surface area contributed by atoms with Crippen LogP contribution in [0, 0.1) is 6.92 Å². The largest absolute Gasteiger partial charge is 0.349 e. The number of pyridine rings is 2. The normalized spacial score (nSPS) is 11.1. The van der Waals surface area contributed by atoms with Gasteiger partial charge in [-0.3, -0.25) is 23.5 Å². The highest BCUT2D eigenvalue weighted by Gasteiger charge is 2.17. The van der Waals surface area contributed by atoms with E-state index in [1.807, 2.05) is 12.1 Å². The second-order valence-corrected chi connectivity index (χ2v) is 5.74. The molecule has 26 heavy (non-hydrogen) atoms. The molecule has 0 aromatic carbocycles. The number of aromatic nitrogens is 6. The van der Waals surface area contributed by atoms with E-state index in [2.05, 4.69) is 25.5 Å². The number of rotatable bonds is 4. The quantitative estimate of drug-likeness (QED) is 0.573. The third-order valence-electron chi connectivity index (χ3n) is 4.02. The fourth-order valence-electron chi connectivity index (χ4n) is 2.80. The van der Waals surface area contributed by atoms with Crippen molar-refractivity contribution >= 4 is 22.7 Å². The molecule has 9 heteroatoms. The summed E-state index contributed by atoms with van der Waals surface area (Å²) >= 11 is 0. The molecule has 4 rings (SSSR count). The summed E-state index contributed by atoms with van der Waals surface area (Å²) < 4.78 is 2.96. The van der Waals surface area contributed by atoms with Crippen molar-refractivity contribution < 1.29 is 4.79 Å². The van der Waals surface area contributed by atoms with Gasteiger partial charge in [0.25, 0.3) is 5.56 Å². The third-order valence-corrected chi connectivity index (χ3v) is 4.02. The molecule has 1 amide bonds. The number of hydrogen-bond acceptors (Lipinski definition) is 6. The lowest BCUT2D eigenvalue weighted by molar-refractivity contribution is -0.121. The molecule has 130 valence electrons. The van der Waals surface area contributed by atoms with Gasteiger partial charge in [-0.25, -0.2) is 4.98 Å². The van der Waals surface area contributed by atoms with Crippen molar-refractivity contribution in [3.63, 3.8) is 0 Å². The first kappa shape index (κ1) is 15.9. The van der Waals surface area contributed by atoms with Gasteiger partial charge >= 0.3 is 0 Å². The summed E-state index contributed by atoms with van der Waals surface area (Å²) in [6.45, 7) is 1.89. The number of hydrogen-bond donors (Lipinski definition) is 1. The lowest BCUT2D eigenvalue weighted by Crippen LogP contribution is -2.33. The van der Waals surface area contributed by atoms with Crippen molar-refractivity contribution in [3.05, 3.63) is 64.6 Å². The minimum Gasteiger partial charge on any atom is -0.349 e. The number of carbonyl (C=O) groups excluding carboxylic acids is 1. The zero-order chi connectivity index (χ0) is 18.1. The van der Waals surface area contributed by atoms with E-state index >= 15 is 0 Å². The number of fused-ring (bicyclic) bond motifs is 3. The van der Waals surface area contributed by atoms with E-state index in [1.165, 1.54) is 4.57 Å². The van der Waals surface area contributed by atoms with Crippen molar-refractivity contribution in [1.82, 2.24) is 34.4 Å². The fourth-order valence-corrected chi connectivity index (χ4v) is 2.80. The molecule has 0 atom stereocenters. The molecule has 4 aromatic rings. The van der Waals surface area contributed by atoms with E-state index in [9.17, 15) is 9.59 Å². The summed E-state index contributed by atoms with van der Waals surface area (Å²) in [4.78, 5) is 33.6. The van der Waals surface area contributed by atoms with E-state index in [1.54, 1.807) is 41.9 Å². The number of nitrogens with zero attached hydrogens (tertiary/aromatic N) is 6. The lowest BCUT2D eigenvalue weighted by atomic mass is 10.3. The standard InChI is InChI=1S/C17H15N7O2/c1-11-21-22-16-17(26)23(13-6-4-8-19-15(13)24(11)16)10-14(25)20-9-12-5-2-3-7-18-12/h2-8H,9-10H2,1H3,(H,20,25). The number of aryl methyl sites for hydroxylation is 1. The van der Waals surface area contributed by atoms with Gasteiger partial charge in [0.1, 0.15) is 12.4 Å². The van der Waals surface area contributed by atoms with Crippen LogP contribution in [-0.2, 0) is 17.9 Å². The van der Waals surface area contributed by atoms with Crippen molar-refractivity contribution in [2.24, 2.45) is 0 Å². The van der Waals surface area contributed by atoms with Gasteiger partial charge in [0.05, 0.1) is 17.8 Å². The van der Waals surface area contributed by atoms with E-state index in [4.69, 9.17) is 0 Å². The number of nitrogens with one attached hydrogen (secondary N) is 1. The molecule has 0 aliphatic carbocycles. The summed E-state index contributed by atoms with van der Waals surface area (Å²) in [6, 6.07) is 8.93. The molecule has 1 N–H and O–H groups in total. The molecular formula is C17H15N7O2. The van der Waals surface area contributed by atoms with Crippen LogP contribution in [0.2, 0.25) is 0 Å². The minimum atomic E-state index is -0.390. The Balaban J connectivity index is 1.70. The molecular weight excluding hydrogens is 334 g/mol. The first-order valence-electron chi connectivity index (χ1n) is 8.01. The highest BCUT2D eigenvalue weighted by Crippen LogP contribution is 2.12. The van der Waals surface area contributed by atoms with Crippen LogP contribution >= 0.6 is 0 Å². The van der Waals surface area contributed by atoms with E-state index in [-0.39, 0.29) is 30.2 Å². The lowest BCUT2D eigenvalue weighted by Gasteiger charge is -2.11. The van der Waals surface area contributed by atoms with Crippen LogP contribution in [0.15, 0.2) is 47.5 Å². The van der Waals surface area contributed by atoms with Crippen molar-refractivity contribution in [2.45, 2.75) is 20.0 Å². The molecule has 4 heterocycles. The van der Waals surface area contributed by atoms with Gasteiger partial charge in [0.15, 0.2) is 5.65 Å². The second-order valence-electron chi connectivity index (χ2n) is 5.74. The first-order valence-corrected chi connectivity index (χ1v) is 8.01. The van der Waals surface area contributed by atoms with Gasteiger partial charge in [-0.05, 0) is 31.2 Å². The molecule has 9 nitrogen and oxygen atoms in total. The van der Waals surface area contributed by atoms with Crippen LogP contribution in [0.3, 0.4) is 0 Å². The van der Waals surface area contributed by atoms with Crippen LogP contribution in [0.25, 0.3) is 16.8 Å². The predicted octanol–water partition coefficient (Wildman–Crippen LogP) is 0.459. The first-order chi connectivity index (χ1) is 12.6. The Hall–Kier alpha value is -3.62. The Bertz CT molecular complexity index is 1160. The SMILES string of the molecule is Cc1nnc2c(=O)n(CC(=O)NCc3ccccn3)c3cccnc3n12. The Morgan fingerprint density at radius 3 is 2.73 bits per heavy atom. The van der Waals surface area contributed by atoms with Crippen molar-refractivity contribution in [3.8, 4) is 0 Å². The van der Waals surface area contributed by atoms with Crippen LogP contribution < -0.4 is 10.9 Å². The molecule has 0 bridgehead atoms. The zero-order valence-corrected chi connectivity index (χ0v) is 14.0. The topological polar surface area (TPSA) is 107 Å². The maximum absolute atomic E-state index is 12.8. The molecule has 0 saturated heterocycles. The Kier molecular flexibility index (Phi) is 3.88. The van der Waals surface area contributed by atoms with Gasteiger partial charge < -0.3 is 5.32 Å². The summed E-state index contributed by atoms with van der Waals surface area (Å²) in [7, 11) is 0.